The third-order valence-corrected chi connectivity index (χ3v) is 3.08. The minimum Gasteiger partial charge on any atom is -0.327 e. The lowest BCUT2D eigenvalue weighted by atomic mass is 9.79. The number of nitrogens with two attached hydrogens (primary N) is 1. The minimum atomic E-state index is -0.548. The van der Waals surface area contributed by atoms with Gasteiger partial charge in [0.25, 0.3) is 0 Å². The third kappa shape index (κ3) is 2.58. The Labute approximate surface area is 95.4 Å². The first kappa shape index (κ1) is 12.2. The lowest BCUT2D eigenvalue weighted by Gasteiger charge is -2.27. The van der Waals surface area contributed by atoms with Crippen molar-refractivity contribution in [3.8, 4) is 0 Å². The average Bonchev–Trinajstić information content (AvgIpc) is 2.17. The Bertz CT molecular complexity index is 354. The molecule has 0 amide bonds. The molecule has 0 saturated carbocycles. The summed E-state index contributed by atoms with van der Waals surface area (Å²) in [5.74, 6) is 0.0502. The van der Waals surface area contributed by atoms with Crippen molar-refractivity contribution in [3.63, 3.8) is 0 Å². The highest BCUT2D eigenvalue weighted by Gasteiger charge is 2.32. The van der Waals surface area contributed by atoms with Gasteiger partial charge in [-0.1, -0.05) is 25.4 Å². The van der Waals surface area contributed by atoms with Gasteiger partial charge in [-0.3, -0.25) is 4.79 Å². The first-order chi connectivity index (χ1) is 6.85. The number of carbonyl (C=O) groups excluding carboxylic acids is 1. The largest absolute Gasteiger partial charge is 0.327 e. The van der Waals surface area contributed by atoms with Gasteiger partial charge in [-0.2, -0.15) is 0 Å². The average molecular weight is 226 g/mol. The Morgan fingerprint density at radius 2 is 1.80 bits per heavy atom. The van der Waals surface area contributed by atoms with Gasteiger partial charge in [-0.15, -0.1) is 0 Å². The second-order valence-electron chi connectivity index (χ2n) is 4.35. The number of rotatable bonds is 3. The van der Waals surface area contributed by atoms with Gasteiger partial charge in [0.1, 0.15) is 0 Å². The van der Waals surface area contributed by atoms with Gasteiger partial charge in [-0.25, -0.2) is 0 Å². The molecule has 0 heterocycles. The van der Waals surface area contributed by atoms with Crippen LogP contribution in [0.25, 0.3) is 0 Å². The van der Waals surface area contributed by atoms with Crippen molar-refractivity contribution in [1.29, 1.82) is 0 Å². The highest BCUT2D eigenvalue weighted by molar-refractivity contribution is 6.30. The lowest BCUT2D eigenvalue weighted by molar-refractivity contribution is 0.0811. The molecule has 0 aliphatic rings. The van der Waals surface area contributed by atoms with Crippen molar-refractivity contribution >= 4 is 17.4 Å². The van der Waals surface area contributed by atoms with Crippen LogP contribution >= 0.6 is 11.6 Å². The number of hydrogen-bond donors (Lipinski definition) is 1. The van der Waals surface area contributed by atoms with Crippen LogP contribution in [-0.4, -0.2) is 11.8 Å². The van der Waals surface area contributed by atoms with Crippen LogP contribution in [0.1, 0.15) is 31.1 Å². The zero-order valence-electron chi connectivity index (χ0n) is 9.25. The normalized spacial score (nSPS) is 13.7. The predicted octanol–water partition coefficient (Wildman–Crippen LogP) is 2.90. The number of hydrogen-bond acceptors (Lipinski definition) is 2. The maximum atomic E-state index is 12.1. The third-order valence-electron chi connectivity index (χ3n) is 2.83. The van der Waals surface area contributed by atoms with E-state index in [4.69, 9.17) is 17.3 Å². The molecule has 0 bridgehead atoms. The van der Waals surface area contributed by atoms with Crippen molar-refractivity contribution in [3.05, 3.63) is 34.9 Å². The van der Waals surface area contributed by atoms with Crippen LogP contribution in [0, 0.1) is 5.41 Å². The summed E-state index contributed by atoms with van der Waals surface area (Å²) in [6, 6.07) is 6.71. The van der Waals surface area contributed by atoms with E-state index in [1.54, 1.807) is 24.3 Å². The standard InChI is InChI=1S/C12H16ClNO/c1-8(14)12(2,3)11(15)9-4-6-10(13)7-5-9/h4-8H,14H2,1-3H3. The van der Waals surface area contributed by atoms with Crippen molar-refractivity contribution < 1.29 is 4.79 Å². The van der Waals surface area contributed by atoms with E-state index in [9.17, 15) is 4.79 Å². The number of benzene rings is 1. The predicted molar refractivity (Wildman–Crippen MR) is 63.2 cm³/mol. The molecule has 0 saturated heterocycles. The SMILES string of the molecule is CC(N)C(C)(C)C(=O)c1ccc(Cl)cc1. The Balaban J connectivity index is 3.00. The van der Waals surface area contributed by atoms with Crippen molar-refractivity contribution in [2.75, 3.05) is 0 Å². The molecule has 0 radical (unpaired) electrons. The molecule has 0 fully saturated rings. The zero-order chi connectivity index (χ0) is 11.6. The maximum Gasteiger partial charge on any atom is 0.169 e. The smallest absolute Gasteiger partial charge is 0.169 e. The molecular weight excluding hydrogens is 210 g/mol. The van der Waals surface area contributed by atoms with Crippen LogP contribution in [0.2, 0.25) is 5.02 Å². The van der Waals surface area contributed by atoms with Crippen LogP contribution in [0.4, 0.5) is 0 Å². The van der Waals surface area contributed by atoms with Crippen molar-refractivity contribution in [2.24, 2.45) is 11.1 Å². The van der Waals surface area contributed by atoms with E-state index in [-0.39, 0.29) is 11.8 Å². The van der Waals surface area contributed by atoms with E-state index in [1.165, 1.54) is 0 Å². The monoisotopic (exact) mass is 225 g/mol. The van der Waals surface area contributed by atoms with E-state index >= 15 is 0 Å². The second-order valence-corrected chi connectivity index (χ2v) is 4.78. The van der Waals surface area contributed by atoms with Gasteiger partial charge in [0, 0.05) is 22.0 Å². The molecule has 1 rings (SSSR count). The number of halogens is 1. The fourth-order valence-corrected chi connectivity index (χ4v) is 1.31. The van der Waals surface area contributed by atoms with E-state index in [2.05, 4.69) is 0 Å². The molecule has 1 unspecified atom stereocenters. The summed E-state index contributed by atoms with van der Waals surface area (Å²) in [5, 5.41) is 0.630. The highest BCUT2D eigenvalue weighted by Crippen LogP contribution is 2.25. The van der Waals surface area contributed by atoms with Crippen LogP contribution in [0.3, 0.4) is 0 Å². The topological polar surface area (TPSA) is 43.1 Å². The molecule has 0 spiro atoms. The van der Waals surface area contributed by atoms with Crippen molar-refractivity contribution in [1.82, 2.24) is 0 Å². The van der Waals surface area contributed by atoms with Gasteiger partial charge in [0.2, 0.25) is 0 Å². The molecule has 0 aliphatic carbocycles. The Morgan fingerprint density at radius 3 is 2.20 bits per heavy atom. The van der Waals surface area contributed by atoms with Crippen LogP contribution < -0.4 is 5.73 Å². The summed E-state index contributed by atoms with van der Waals surface area (Å²) in [4.78, 5) is 12.1. The summed E-state index contributed by atoms with van der Waals surface area (Å²) < 4.78 is 0. The second kappa shape index (κ2) is 4.33. The summed E-state index contributed by atoms with van der Waals surface area (Å²) in [5.41, 5.74) is 5.90. The highest BCUT2D eigenvalue weighted by atomic mass is 35.5. The fourth-order valence-electron chi connectivity index (χ4n) is 1.18. The molecule has 82 valence electrons. The van der Waals surface area contributed by atoms with Gasteiger partial charge in [0.05, 0.1) is 0 Å². The first-order valence-corrected chi connectivity index (χ1v) is 5.29. The molecule has 1 aromatic carbocycles. The fraction of sp³-hybridized carbons (Fsp3) is 0.417. The number of carbonyl (C=O) groups is 1. The van der Waals surface area contributed by atoms with E-state index in [1.807, 2.05) is 20.8 Å². The Kier molecular flexibility index (Phi) is 3.53. The Morgan fingerprint density at radius 1 is 1.33 bits per heavy atom. The van der Waals surface area contributed by atoms with E-state index < -0.39 is 5.41 Å². The number of Topliss-reactive ketones (excluding diaryl/α,β-unsaturated/α-hetero) is 1. The van der Waals surface area contributed by atoms with Gasteiger partial charge in [-0.05, 0) is 31.2 Å². The van der Waals surface area contributed by atoms with E-state index in [0.717, 1.165) is 0 Å². The summed E-state index contributed by atoms with van der Waals surface area (Å²) >= 11 is 5.76. The zero-order valence-corrected chi connectivity index (χ0v) is 10.0. The van der Waals surface area contributed by atoms with Gasteiger partial charge < -0.3 is 5.73 Å². The minimum absolute atomic E-state index is 0.0502. The van der Waals surface area contributed by atoms with Crippen LogP contribution in [0.5, 0.6) is 0 Å². The summed E-state index contributed by atoms with van der Waals surface area (Å²) in [7, 11) is 0. The molecule has 0 aromatic heterocycles. The Hall–Kier alpha value is -0.860. The lowest BCUT2D eigenvalue weighted by Crippen LogP contribution is -2.41. The van der Waals surface area contributed by atoms with Crippen LogP contribution in [0.15, 0.2) is 24.3 Å². The maximum absolute atomic E-state index is 12.1. The number of ketones is 1. The molecule has 2 N–H and O–H groups in total. The summed E-state index contributed by atoms with van der Waals surface area (Å²) in [6.07, 6.45) is 0. The molecular formula is C12H16ClNO. The molecule has 0 aliphatic heterocycles. The van der Waals surface area contributed by atoms with Crippen LogP contribution in [-0.2, 0) is 0 Å². The molecule has 15 heavy (non-hydrogen) atoms. The quantitative estimate of drug-likeness (QED) is 0.804. The molecule has 2 nitrogen and oxygen atoms in total. The molecule has 1 atom stereocenters. The van der Waals surface area contributed by atoms with Gasteiger partial charge in [0.15, 0.2) is 5.78 Å². The first-order valence-electron chi connectivity index (χ1n) is 4.91. The molecule has 1 aromatic rings. The van der Waals surface area contributed by atoms with Gasteiger partial charge >= 0.3 is 0 Å². The van der Waals surface area contributed by atoms with Crippen molar-refractivity contribution in [2.45, 2.75) is 26.8 Å². The summed E-state index contributed by atoms with van der Waals surface area (Å²) in [6.45, 7) is 5.55. The molecule has 3 heteroatoms. The van der Waals surface area contributed by atoms with E-state index in [0.29, 0.717) is 10.6 Å².